The number of benzene rings is 1. The minimum absolute atomic E-state index is 0.202. The zero-order chi connectivity index (χ0) is 18.5. The molecule has 0 saturated heterocycles. The fraction of sp³-hybridized carbons (Fsp3) is 0.158. The first kappa shape index (κ1) is 16.8. The maximum absolute atomic E-state index is 12.4. The lowest BCUT2D eigenvalue weighted by molar-refractivity contribution is 0.215. The summed E-state index contributed by atoms with van der Waals surface area (Å²) in [7, 11) is 0. The van der Waals surface area contributed by atoms with Crippen molar-refractivity contribution in [1.29, 1.82) is 0 Å². The van der Waals surface area contributed by atoms with Crippen LogP contribution in [0.4, 0.5) is 10.8 Å². The Morgan fingerprint density at radius 1 is 1.19 bits per heavy atom. The number of amides is 2. The third-order valence-electron chi connectivity index (χ3n) is 4.02. The molecule has 1 aromatic carbocycles. The molecule has 0 radical (unpaired) electrons. The Hall–Kier alpha value is -3.68. The third-order valence-corrected chi connectivity index (χ3v) is 4.02. The second kappa shape index (κ2) is 7.69. The maximum Gasteiger partial charge on any atom is 0.323 e. The SMILES string of the molecule is O=C1NCC=NC=NCN1C1=CCC=C(Nc2nc3ccccc3o2)C=C1. The lowest BCUT2D eigenvalue weighted by atomic mass is 10.3. The molecule has 0 bridgehead atoms. The van der Waals surface area contributed by atoms with Gasteiger partial charge in [-0.15, -0.1) is 0 Å². The van der Waals surface area contributed by atoms with Crippen LogP contribution in [0.15, 0.2) is 74.4 Å². The van der Waals surface area contributed by atoms with Crippen LogP contribution in [0.5, 0.6) is 0 Å². The zero-order valence-corrected chi connectivity index (χ0v) is 14.5. The lowest BCUT2D eigenvalue weighted by Crippen LogP contribution is -2.39. The van der Waals surface area contributed by atoms with E-state index in [-0.39, 0.29) is 12.7 Å². The highest BCUT2D eigenvalue weighted by atomic mass is 16.4. The summed E-state index contributed by atoms with van der Waals surface area (Å²) < 4.78 is 5.69. The molecule has 1 aromatic heterocycles. The molecule has 0 saturated carbocycles. The Morgan fingerprint density at radius 3 is 3.04 bits per heavy atom. The molecule has 136 valence electrons. The molecule has 0 fully saturated rings. The molecule has 0 unspecified atom stereocenters. The van der Waals surface area contributed by atoms with E-state index in [1.165, 1.54) is 6.34 Å². The smallest absolute Gasteiger partial charge is 0.323 e. The molecule has 2 heterocycles. The molecule has 1 aliphatic carbocycles. The molecule has 0 spiro atoms. The number of para-hydroxylation sites is 2. The number of aromatic nitrogens is 1. The number of nitrogens with zero attached hydrogens (tertiary/aromatic N) is 4. The van der Waals surface area contributed by atoms with Crippen LogP contribution in [0.3, 0.4) is 0 Å². The molecule has 2 aromatic rings. The fourth-order valence-corrected chi connectivity index (χ4v) is 2.72. The summed E-state index contributed by atoms with van der Waals surface area (Å²) in [6.07, 6.45) is 11.4. The van der Waals surface area contributed by atoms with Crippen molar-refractivity contribution >= 4 is 35.7 Å². The highest BCUT2D eigenvalue weighted by Gasteiger charge is 2.16. The largest absolute Gasteiger partial charge is 0.423 e. The van der Waals surface area contributed by atoms with Crippen molar-refractivity contribution in [2.45, 2.75) is 6.42 Å². The molecule has 2 N–H and O–H groups in total. The number of urea groups is 1. The van der Waals surface area contributed by atoms with Gasteiger partial charge in [0.15, 0.2) is 5.58 Å². The Labute approximate surface area is 155 Å². The molecule has 8 heteroatoms. The number of allylic oxidation sites excluding steroid dienone is 4. The van der Waals surface area contributed by atoms with E-state index < -0.39 is 0 Å². The predicted molar refractivity (Wildman–Crippen MR) is 105 cm³/mol. The van der Waals surface area contributed by atoms with Gasteiger partial charge in [0.05, 0.1) is 6.54 Å². The van der Waals surface area contributed by atoms with Gasteiger partial charge in [-0.25, -0.2) is 9.79 Å². The number of carbonyl (C=O) groups is 1. The topological polar surface area (TPSA) is 95.1 Å². The van der Waals surface area contributed by atoms with Crippen molar-refractivity contribution in [2.75, 3.05) is 18.5 Å². The minimum atomic E-state index is -0.216. The number of hydrogen-bond donors (Lipinski definition) is 2. The summed E-state index contributed by atoms with van der Waals surface area (Å²) in [6.45, 7) is 0.564. The van der Waals surface area contributed by atoms with Crippen LogP contribution in [0, 0.1) is 0 Å². The van der Waals surface area contributed by atoms with Crippen molar-refractivity contribution in [2.24, 2.45) is 9.98 Å². The van der Waals surface area contributed by atoms with Gasteiger partial charge < -0.3 is 15.1 Å². The number of hydrogen-bond acceptors (Lipinski definition) is 6. The normalized spacial score (nSPS) is 17.5. The summed E-state index contributed by atoms with van der Waals surface area (Å²) in [5.74, 6) is 0. The third kappa shape index (κ3) is 3.95. The van der Waals surface area contributed by atoms with E-state index in [4.69, 9.17) is 4.42 Å². The molecule has 2 aliphatic rings. The first-order valence-corrected chi connectivity index (χ1v) is 8.56. The van der Waals surface area contributed by atoms with Crippen LogP contribution >= 0.6 is 0 Å². The summed E-state index contributed by atoms with van der Waals surface area (Å²) in [4.78, 5) is 26.4. The summed E-state index contributed by atoms with van der Waals surface area (Å²) in [5, 5.41) is 5.96. The van der Waals surface area contributed by atoms with Crippen molar-refractivity contribution in [1.82, 2.24) is 15.2 Å². The summed E-state index contributed by atoms with van der Waals surface area (Å²) >= 11 is 0. The number of carbonyl (C=O) groups excluding carboxylic acids is 1. The van der Waals surface area contributed by atoms with Gasteiger partial charge in [0.1, 0.15) is 18.5 Å². The van der Waals surface area contributed by atoms with E-state index in [2.05, 4.69) is 25.6 Å². The quantitative estimate of drug-likeness (QED) is 0.877. The van der Waals surface area contributed by atoms with Gasteiger partial charge in [-0.3, -0.25) is 9.89 Å². The van der Waals surface area contributed by atoms with Crippen molar-refractivity contribution < 1.29 is 9.21 Å². The number of oxazole rings is 1. The second-order valence-electron chi connectivity index (χ2n) is 5.85. The Balaban J connectivity index is 1.48. The van der Waals surface area contributed by atoms with Gasteiger partial charge in [-0.05, 0) is 30.7 Å². The molecular formula is C19H18N6O2. The summed E-state index contributed by atoms with van der Waals surface area (Å²) in [6, 6.07) is 7.80. The lowest BCUT2D eigenvalue weighted by Gasteiger charge is -2.21. The predicted octanol–water partition coefficient (Wildman–Crippen LogP) is 3.05. The first-order valence-electron chi connectivity index (χ1n) is 8.56. The van der Waals surface area contributed by atoms with Gasteiger partial charge in [-0.1, -0.05) is 24.3 Å². The monoisotopic (exact) mass is 362 g/mol. The molecule has 2 amide bonds. The molecule has 1 aliphatic heterocycles. The van der Waals surface area contributed by atoms with E-state index in [0.29, 0.717) is 19.0 Å². The van der Waals surface area contributed by atoms with Crippen LogP contribution in [0.25, 0.3) is 11.1 Å². The van der Waals surface area contributed by atoms with Crippen LogP contribution in [0.2, 0.25) is 0 Å². The first-order chi connectivity index (χ1) is 13.3. The van der Waals surface area contributed by atoms with Gasteiger partial charge in [0.25, 0.3) is 6.01 Å². The highest BCUT2D eigenvalue weighted by Crippen LogP contribution is 2.21. The average molecular weight is 362 g/mol. The Morgan fingerprint density at radius 2 is 2.11 bits per heavy atom. The second-order valence-corrected chi connectivity index (χ2v) is 5.85. The zero-order valence-electron chi connectivity index (χ0n) is 14.5. The van der Waals surface area contributed by atoms with Gasteiger partial charge in [0, 0.05) is 17.6 Å². The molecule has 8 nitrogen and oxygen atoms in total. The number of fused-ring (bicyclic) bond motifs is 1. The van der Waals surface area contributed by atoms with E-state index in [9.17, 15) is 4.79 Å². The molecular weight excluding hydrogens is 344 g/mol. The minimum Gasteiger partial charge on any atom is -0.423 e. The van der Waals surface area contributed by atoms with Crippen molar-refractivity contribution in [3.63, 3.8) is 0 Å². The summed E-state index contributed by atoms with van der Waals surface area (Å²) in [5.41, 5.74) is 3.12. The number of anilines is 1. The standard InChI is InChI=1S/C19H18N6O2/c26-19-22-11-10-20-12-21-13-25(19)15-5-3-4-14(8-9-15)23-18-24-16-6-1-2-7-17(16)27-18/h1-2,4-10,12H,3,11,13H2,(H,22,26)(H,23,24). The number of nitrogens with one attached hydrogen (secondary N) is 2. The Bertz CT molecular complexity index is 966. The van der Waals surface area contributed by atoms with Crippen molar-refractivity contribution in [3.05, 3.63) is 60.0 Å². The van der Waals surface area contributed by atoms with E-state index in [1.807, 2.05) is 48.6 Å². The molecule has 4 rings (SSSR count). The van der Waals surface area contributed by atoms with E-state index in [1.54, 1.807) is 11.1 Å². The number of rotatable bonds is 3. The van der Waals surface area contributed by atoms with E-state index in [0.717, 1.165) is 22.5 Å². The fourth-order valence-electron chi connectivity index (χ4n) is 2.72. The molecule has 27 heavy (non-hydrogen) atoms. The van der Waals surface area contributed by atoms with Crippen molar-refractivity contribution in [3.8, 4) is 0 Å². The van der Waals surface area contributed by atoms with Crippen LogP contribution in [-0.4, -0.2) is 41.7 Å². The van der Waals surface area contributed by atoms with Gasteiger partial charge >= 0.3 is 6.03 Å². The van der Waals surface area contributed by atoms with Gasteiger partial charge in [-0.2, -0.15) is 4.98 Å². The van der Waals surface area contributed by atoms with E-state index >= 15 is 0 Å². The van der Waals surface area contributed by atoms with Crippen LogP contribution < -0.4 is 10.6 Å². The van der Waals surface area contributed by atoms with Crippen LogP contribution in [-0.2, 0) is 0 Å². The highest BCUT2D eigenvalue weighted by molar-refractivity contribution is 5.82. The molecule has 0 atom stereocenters. The van der Waals surface area contributed by atoms with Gasteiger partial charge in [0.2, 0.25) is 0 Å². The Kier molecular flexibility index (Phi) is 4.78. The average Bonchev–Trinajstić information content (AvgIpc) is 2.99. The van der Waals surface area contributed by atoms with Crippen LogP contribution in [0.1, 0.15) is 6.42 Å². The maximum atomic E-state index is 12.4. The number of aliphatic imine (C=N–C) groups is 2.